The second-order valence-electron chi connectivity index (χ2n) is 4.93. The quantitative estimate of drug-likeness (QED) is 0.889. The van der Waals surface area contributed by atoms with Gasteiger partial charge in [0.2, 0.25) is 0 Å². The van der Waals surface area contributed by atoms with Crippen molar-refractivity contribution in [1.29, 1.82) is 0 Å². The number of aryl methyl sites for hydroxylation is 1. The molecular formula is C17H18FO3. The van der Waals surface area contributed by atoms with Crippen LogP contribution in [0.5, 0.6) is 5.75 Å². The molecule has 2 aromatic rings. The summed E-state index contributed by atoms with van der Waals surface area (Å²) in [5, 5.41) is 18.0. The molecule has 0 bridgehead atoms. The van der Waals surface area contributed by atoms with E-state index in [0.29, 0.717) is 5.56 Å². The van der Waals surface area contributed by atoms with Gasteiger partial charge in [-0.25, -0.2) is 4.39 Å². The zero-order chi connectivity index (χ0) is 15.4. The summed E-state index contributed by atoms with van der Waals surface area (Å²) in [6, 6.07) is 12.1. The molecule has 2 rings (SSSR count). The lowest BCUT2D eigenvalue weighted by molar-refractivity contribution is 0.0523. The Morgan fingerprint density at radius 2 is 2.10 bits per heavy atom. The van der Waals surface area contributed by atoms with E-state index in [0.717, 1.165) is 16.7 Å². The van der Waals surface area contributed by atoms with Crippen molar-refractivity contribution in [2.45, 2.75) is 20.0 Å². The Bertz CT molecular complexity index is 611. The normalized spacial score (nSPS) is 12.2. The fraction of sp³-hybridized carbons (Fsp3) is 0.294. The molecule has 0 unspecified atom stereocenters. The van der Waals surface area contributed by atoms with Crippen LogP contribution in [0, 0.1) is 25.7 Å². The number of hydrogen-bond donors (Lipinski definition) is 2. The third kappa shape index (κ3) is 3.40. The average molecular weight is 289 g/mol. The summed E-state index contributed by atoms with van der Waals surface area (Å²) in [5.74, 6) is -0.379. The number of halogens is 1. The van der Waals surface area contributed by atoms with Crippen LogP contribution in [0.2, 0.25) is 0 Å². The number of rotatable bonds is 5. The molecule has 0 aliphatic carbocycles. The maximum absolute atomic E-state index is 14.4. The molecule has 0 fully saturated rings. The number of hydrogen-bond acceptors (Lipinski definition) is 3. The van der Waals surface area contributed by atoms with Gasteiger partial charge in [0.15, 0.2) is 11.6 Å². The maximum atomic E-state index is 14.4. The minimum absolute atomic E-state index is 0.0807. The van der Waals surface area contributed by atoms with Crippen LogP contribution >= 0.6 is 0 Å². The standard InChI is InChI=1S/C17H18FO3/c1-11-8-15(21-10-14(20)9-19)17(18)12(2)16(11)13-6-4-3-5-7-13/h3-6,8,14,19-20H,9-10H2,1-2H3/t14-/m1/s1. The topological polar surface area (TPSA) is 49.7 Å². The van der Waals surface area contributed by atoms with Gasteiger partial charge in [-0.2, -0.15) is 0 Å². The minimum atomic E-state index is -1.02. The molecule has 4 heteroatoms. The zero-order valence-electron chi connectivity index (χ0n) is 12.1. The van der Waals surface area contributed by atoms with Gasteiger partial charge in [-0.05, 0) is 48.2 Å². The number of ether oxygens (including phenoxy) is 1. The first-order chi connectivity index (χ1) is 10.0. The second-order valence-corrected chi connectivity index (χ2v) is 4.93. The van der Waals surface area contributed by atoms with Gasteiger partial charge >= 0.3 is 0 Å². The molecule has 0 spiro atoms. The lowest BCUT2D eigenvalue weighted by atomic mass is 9.95. The Morgan fingerprint density at radius 1 is 1.33 bits per heavy atom. The Balaban J connectivity index is 2.37. The summed E-state index contributed by atoms with van der Waals surface area (Å²) in [6.07, 6.45) is -1.02. The first kappa shape index (κ1) is 15.5. The van der Waals surface area contributed by atoms with Crippen LogP contribution in [0.15, 0.2) is 30.3 Å². The molecule has 0 aliphatic heterocycles. The Hall–Kier alpha value is -1.91. The third-order valence-electron chi connectivity index (χ3n) is 3.28. The zero-order valence-corrected chi connectivity index (χ0v) is 12.1. The fourth-order valence-electron chi connectivity index (χ4n) is 2.23. The van der Waals surface area contributed by atoms with E-state index in [9.17, 15) is 9.50 Å². The molecule has 0 heterocycles. The summed E-state index contributed by atoms with van der Waals surface area (Å²) >= 11 is 0. The predicted molar refractivity (Wildman–Crippen MR) is 78.7 cm³/mol. The van der Waals surface area contributed by atoms with Gasteiger partial charge in [0.05, 0.1) is 6.61 Å². The van der Waals surface area contributed by atoms with Crippen molar-refractivity contribution in [3.63, 3.8) is 0 Å². The van der Waals surface area contributed by atoms with Crippen molar-refractivity contribution >= 4 is 0 Å². The predicted octanol–water partition coefficient (Wildman–Crippen LogP) is 2.64. The summed E-state index contributed by atoms with van der Waals surface area (Å²) in [6.45, 7) is 2.99. The van der Waals surface area contributed by atoms with E-state index in [4.69, 9.17) is 9.84 Å². The molecule has 3 nitrogen and oxygen atoms in total. The van der Waals surface area contributed by atoms with Crippen LogP contribution in [0.1, 0.15) is 11.1 Å². The highest BCUT2D eigenvalue weighted by Gasteiger charge is 2.16. The SMILES string of the molecule is Cc1cc(OC[C@H](O)CO)c(F)c(C)c1-c1[c]cccc1. The van der Waals surface area contributed by atoms with Gasteiger partial charge in [-0.3, -0.25) is 0 Å². The lowest BCUT2D eigenvalue weighted by Crippen LogP contribution is -2.21. The highest BCUT2D eigenvalue weighted by Crippen LogP contribution is 2.33. The summed E-state index contributed by atoms with van der Waals surface area (Å²) in [5.41, 5.74) is 2.97. The van der Waals surface area contributed by atoms with Gasteiger partial charge < -0.3 is 14.9 Å². The Labute approximate surface area is 123 Å². The first-order valence-corrected chi connectivity index (χ1v) is 6.73. The van der Waals surface area contributed by atoms with E-state index in [-0.39, 0.29) is 12.4 Å². The molecule has 0 aromatic heterocycles. The summed E-state index contributed by atoms with van der Waals surface area (Å²) < 4.78 is 19.6. The summed E-state index contributed by atoms with van der Waals surface area (Å²) in [7, 11) is 0. The van der Waals surface area contributed by atoms with Crippen LogP contribution in [-0.2, 0) is 0 Å². The van der Waals surface area contributed by atoms with Crippen molar-refractivity contribution in [3.8, 4) is 16.9 Å². The highest BCUT2D eigenvalue weighted by molar-refractivity contribution is 5.71. The monoisotopic (exact) mass is 289 g/mol. The molecule has 1 atom stereocenters. The van der Waals surface area contributed by atoms with Crippen LogP contribution in [0.25, 0.3) is 11.1 Å². The van der Waals surface area contributed by atoms with E-state index in [1.807, 2.05) is 25.1 Å². The van der Waals surface area contributed by atoms with Gasteiger partial charge in [0.1, 0.15) is 12.7 Å². The molecule has 0 saturated heterocycles. The molecule has 0 saturated carbocycles. The molecule has 2 N–H and O–H groups in total. The molecule has 21 heavy (non-hydrogen) atoms. The Kier molecular flexibility index (Phi) is 4.94. The van der Waals surface area contributed by atoms with Crippen molar-refractivity contribution < 1.29 is 19.3 Å². The van der Waals surface area contributed by atoms with E-state index in [1.165, 1.54) is 0 Å². The van der Waals surface area contributed by atoms with Crippen LogP contribution in [-0.4, -0.2) is 29.5 Å². The number of aliphatic hydroxyl groups is 2. The smallest absolute Gasteiger partial charge is 0.168 e. The average Bonchev–Trinajstić information content (AvgIpc) is 2.50. The van der Waals surface area contributed by atoms with Crippen LogP contribution < -0.4 is 4.74 Å². The fourth-order valence-corrected chi connectivity index (χ4v) is 2.23. The summed E-state index contributed by atoms with van der Waals surface area (Å²) in [4.78, 5) is 0. The largest absolute Gasteiger partial charge is 0.488 e. The van der Waals surface area contributed by atoms with Crippen LogP contribution in [0.4, 0.5) is 4.39 Å². The maximum Gasteiger partial charge on any atom is 0.168 e. The second kappa shape index (κ2) is 6.70. The highest BCUT2D eigenvalue weighted by atomic mass is 19.1. The van der Waals surface area contributed by atoms with E-state index >= 15 is 0 Å². The number of benzene rings is 2. The van der Waals surface area contributed by atoms with Crippen LogP contribution in [0.3, 0.4) is 0 Å². The third-order valence-corrected chi connectivity index (χ3v) is 3.28. The van der Waals surface area contributed by atoms with Crippen molar-refractivity contribution in [2.24, 2.45) is 0 Å². The van der Waals surface area contributed by atoms with Crippen molar-refractivity contribution in [3.05, 3.63) is 53.3 Å². The minimum Gasteiger partial charge on any atom is -0.488 e. The van der Waals surface area contributed by atoms with E-state index in [1.54, 1.807) is 19.1 Å². The van der Waals surface area contributed by atoms with E-state index in [2.05, 4.69) is 6.07 Å². The molecular weight excluding hydrogens is 271 g/mol. The van der Waals surface area contributed by atoms with Gasteiger partial charge in [0.25, 0.3) is 0 Å². The van der Waals surface area contributed by atoms with Gasteiger partial charge in [-0.1, -0.05) is 24.3 Å². The molecule has 111 valence electrons. The molecule has 0 aliphatic rings. The van der Waals surface area contributed by atoms with Gasteiger partial charge in [0, 0.05) is 0 Å². The van der Waals surface area contributed by atoms with Gasteiger partial charge in [-0.15, -0.1) is 0 Å². The molecule has 1 radical (unpaired) electrons. The molecule has 2 aromatic carbocycles. The first-order valence-electron chi connectivity index (χ1n) is 6.73. The number of aliphatic hydroxyl groups excluding tert-OH is 2. The van der Waals surface area contributed by atoms with Crippen molar-refractivity contribution in [2.75, 3.05) is 13.2 Å². The van der Waals surface area contributed by atoms with E-state index < -0.39 is 18.5 Å². The Morgan fingerprint density at radius 3 is 2.71 bits per heavy atom. The molecule has 0 amide bonds. The van der Waals surface area contributed by atoms with Crippen molar-refractivity contribution in [1.82, 2.24) is 0 Å². The lowest BCUT2D eigenvalue weighted by Gasteiger charge is -2.16.